The van der Waals surface area contributed by atoms with Crippen molar-refractivity contribution < 1.29 is 5.11 Å². The standard InChI is InChI=1S/C7H17NO/c1-6(9)5-8-7(2,3)4/h6,8-9H,5H2,1-4H3. The molecule has 1 atom stereocenters. The first-order chi connectivity index (χ1) is 3.92. The van der Waals surface area contributed by atoms with Crippen LogP contribution in [0.4, 0.5) is 0 Å². The summed E-state index contributed by atoms with van der Waals surface area (Å²) >= 11 is 0. The third-order valence-electron chi connectivity index (χ3n) is 0.928. The van der Waals surface area contributed by atoms with Gasteiger partial charge in [-0.1, -0.05) is 0 Å². The molecule has 2 heteroatoms. The minimum atomic E-state index is -0.246. The van der Waals surface area contributed by atoms with Gasteiger partial charge >= 0.3 is 0 Å². The predicted octanol–water partition coefficient (Wildman–Crippen LogP) is 0.755. The number of rotatable bonds is 2. The monoisotopic (exact) mass is 131 g/mol. The van der Waals surface area contributed by atoms with Gasteiger partial charge in [-0.3, -0.25) is 0 Å². The molecule has 0 aromatic rings. The average Bonchev–Trinajstić information content (AvgIpc) is 1.59. The zero-order chi connectivity index (χ0) is 7.49. The normalized spacial score (nSPS) is 15.7. The van der Waals surface area contributed by atoms with Crippen molar-refractivity contribution in [2.24, 2.45) is 0 Å². The maximum absolute atomic E-state index is 8.85. The van der Waals surface area contributed by atoms with Crippen LogP contribution in [0, 0.1) is 0 Å². The molecule has 0 spiro atoms. The number of aliphatic hydroxyl groups is 1. The molecule has 0 fully saturated rings. The molecular formula is C7H17NO. The molecule has 1 unspecified atom stereocenters. The van der Waals surface area contributed by atoms with Crippen molar-refractivity contribution in [3.8, 4) is 0 Å². The molecule has 0 radical (unpaired) electrons. The first kappa shape index (κ1) is 8.92. The molecule has 56 valence electrons. The van der Waals surface area contributed by atoms with Gasteiger partial charge in [-0.15, -0.1) is 0 Å². The van der Waals surface area contributed by atoms with Gasteiger partial charge in [0.15, 0.2) is 0 Å². The number of β-amino-alcohol motifs (C(OH)–C–C–N with tert-alkyl or cyclic N) is 1. The van der Waals surface area contributed by atoms with Crippen LogP contribution in [0.15, 0.2) is 0 Å². The molecule has 0 saturated heterocycles. The number of hydrogen-bond donors (Lipinski definition) is 2. The molecule has 0 amide bonds. The average molecular weight is 131 g/mol. The van der Waals surface area contributed by atoms with Crippen molar-refractivity contribution in [1.82, 2.24) is 5.32 Å². The van der Waals surface area contributed by atoms with Crippen LogP contribution in [0.5, 0.6) is 0 Å². The fourth-order valence-corrected chi connectivity index (χ4v) is 0.454. The second-order valence-electron chi connectivity index (χ2n) is 3.48. The first-order valence-corrected chi connectivity index (χ1v) is 3.35. The smallest absolute Gasteiger partial charge is 0.0636 e. The summed E-state index contributed by atoms with van der Waals surface area (Å²) in [5.41, 5.74) is 0.122. The van der Waals surface area contributed by atoms with Gasteiger partial charge in [0.2, 0.25) is 0 Å². The van der Waals surface area contributed by atoms with Gasteiger partial charge in [-0.05, 0) is 27.7 Å². The van der Waals surface area contributed by atoms with E-state index in [2.05, 4.69) is 26.1 Å². The van der Waals surface area contributed by atoms with Gasteiger partial charge in [0.1, 0.15) is 0 Å². The van der Waals surface area contributed by atoms with E-state index in [1.54, 1.807) is 6.92 Å². The molecule has 0 aliphatic carbocycles. The van der Waals surface area contributed by atoms with Gasteiger partial charge in [0, 0.05) is 12.1 Å². The molecule has 0 saturated carbocycles. The Hall–Kier alpha value is -0.0800. The van der Waals surface area contributed by atoms with E-state index in [0.29, 0.717) is 6.54 Å². The minimum Gasteiger partial charge on any atom is -0.392 e. The summed E-state index contributed by atoms with van der Waals surface area (Å²) in [6.45, 7) is 8.68. The van der Waals surface area contributed by atoms with E-state index in [4.69, 9.17) is 5.11 Å². The molecular weight excluding hydrogens is 114 g/mol. The Balaban J connectivity index is 3.28. The Labute approximate surface area is 57.3 Å². The molecule has 0 aromatic heterocycles. The summed E-state index contributed by atoms with van der Waals surface area (Å²) in [4.78, 5) is 0. The van der Waals surface area contributed by atoms with Crippen LogP contribution in [0.3, 0.4) is 0 Å². The zero-order valence-electron chi connectivity index (χ0n) is 6.73. The minimum absolute atomic E-state index is 0.122. The molecule has 2 nitrogen and oxygen atoms in total. The second-order valence-corrected chi connectivity index (χ2v) is 3.48. The lowest BCUT2D eigenvalue weighted by atomic mass is 10.1. The van der Waals surface area contributed by atoms with Crippen LogP contribution in [-0.4, -0.2) is 23.3 Å². The Kier molecular flexibility index (Phi) is 3.15. The van der Waals surface area contributed by atoms with Crippen molar-refractivity contribution in [3.63, 3.8) is 0 Å². The van der Waals surface area contributed by atoms with Gasteiger partial charge < -0.3 is 10.4 Å². The van der Waals surface area contributed by atoms with Crippen LogP contribution in [-0.2, 0) is 0 Å². The molecule has 0 aliphatic heterocycles. The van der Waals surface area contributed by atoms with Crippen LogP contribution < -0.4 is 5.32 Å². The van der Waals surface area contributed by atoms with Gasteiger partial charge in [-0.25, -0.2) is 0 Å². The van der Waals surface area contributed by atoms with E-state index < -0.39 is 0 Å². The van der Waals surface area contributed by atoms with E-state index in [0.717, 1.165) is 0 Å². The number of aliphatic hydroxyl groups excluding tert-OH is 1. The van der Waals surface area contributed by atoms with Crippen molar-refractivity contribution in [3.05, 3.63) is 0 Å². The van der Waals surface area contributed by atoms with E-state index in [1.807, 2.05) is 0 Å². The summed E-state index contributed by atoms with van der Waals surface area (Å²) < 4.78 is 0. The molecule has 0 aromatic carbocycles. The molecule has 0 bridgehead atoms. The van der Waals surface area contributed by atoms with Crippen LogP contribution in [0.1, 0.15) is 27.7 Å². The predicted molar refractivity (Wildman–Crippen MR) is 39.4 cm³/mol. The Morgan fingerprint density at radius 3 is 2.00 bits per heavy atom. The van der Waals surface area contributed by atoms with E-state index in [9.17, 15) is 0 Å². The maximum Gasteiger partial charge on any atom is 0.0636 e. The summed E-state index contributed by atoms with van der Waals surface area (Å²) in [5, 5.41) is 12.0. The first-order valence-electron chi connectivity index (χ1n) is 3.35. The highest BCUT2D eigenvalue weighted by atomic mass is 16.3. The molecule has 0 aliphatic rings. The summed E-state index contributed by atoms with van der Waals surface area (Å²) in [7, 11) is 0. The fourth-order valence-electron chi connectivity index (χ4n) is 0.454. The molecule has 0 rings (SSSR count). The third-order valence-corrected chi connectivity index (χ3v) is 0.928. The quantitative estimate of drug-likeness (QED) is 0.579. The van der Waals surface area contributed by atoms with Crippen LogP contribution in [0.25, 0.3) is 0 Å². The number of hydrogen-bond acceptors (Lipinski definition) is 2. The van der Waals surface area contributed by atoms with Crippen molar-refractivity contribution in [2.75, 3.05) is 6.54 Å². The second kappa shape index (κ2) is 3.18. The SMILES string of the molecule is CC(O)CNC(C)(C)C. The Morgan fingerprint density at radius 2 is 1.89 bits per heavy atom. The van der Waals surface area contributed by atoms with E-state index in [-0.39, 0.29) is 11.6 Å². The lowest BCUT2D eigenvalue weighted by Crippen LogP contribution is -2.39. The summed E-state index contributed by atoms with van der Waals surface area (Å²) in [5.74, 6) is 0. The Morgan fingerprint density at radius 1 is 1.44 bits per heavy atom. The van der Waals surface area contributed by atoms with Crippen LogP contribution >= 0.6 is 0 Å². The van der Waals surface area contributed by atoms with Crippen molar-refractivity contribution in [2.45, 2.75) is 39.3 Å². The molecule has 2 N–H and O–H groups in total. The van der Waals surface area contributed by atoms with Gasteiger partial charge in [-0.2, -0.15) is 0 Å². The topological polar surface area (TPSA) is 32.3 Å². The molecule has 0 heterocycles. The van der Waals surface area contributed by atoms with Gasteiger partial charge in [0.25, 0.3) is 0 Å². The fraction of sp³-hybridized carbons (Fsp3) is 1.00. The maximum atomic E-state index is 8.85. The zero-order valence-corrected chi connectivity index (χ0v) is 6.73. The highest BCUT2D eigenvalue weighted by Crippen LogP contribution is 1.97. The lowest BCUT2D eigenvalue weighted by molar-refractivity contribution is 0.179. The highest BCUT2D eigenvalue weighted by Gasteiger charge is 2.08. The van der Waals surface area contributed by atoms with Crippen molar-refractivity contribution >= 4 is 0 Å². The van der Waals surface area contributed by atoms with E-state index in [1.165, 1.54) is 0 Å². The molecule has 9 heavy (non-hydrogen) atoms. The third kappa shape index (κ3) is 7.92. The van der Waals surface area contributed by atoms with Crippen molar-refractivity contribution in [1.29, 1.82) is 0 Å². The highest BCUT2D eigenvalue weighted by molar-refractivity contribution is 4.70. The van der Waals surface area contributed by atoms with Crippen LogP contribution in [0.2, 0.25) is 0 Å². The lowest BCUT2D eigenvalue weighted by Gasteiger charge is -2.21. The number of nitrogens with one attached hydrogen (secondary N) is 1. The summed E-state index contributed by atoms with van der Waals surface area (Å²) in [6.07, 6.45) is -0.246. The Bertz CT molecular complexity index is 73.5. The largest absolute Gasteiger partial charge is 0.392 e. The van der Waals surface area contributed by atoms with Gasteiger partial charge in [0.05, 0.1) is 6.10 Å². The summed E-state index contributed by atoms with van der Waals surface area (Å²) in [6, 6.07) is 0. The van der Waals surface area contributed by atoms with E-state index >= 15 is 0 Å².